The summed E-state index contributed by atoms with van der Waals surface area (Å²) in [7, 11) is -8.85. The summed E-state index contributed by atoms with van der Waals surface area (Å²) >= 11 is 0. The van der Waals surface area contributed by atoms with E-state index in [1.165, 1.54) is 76.6 Å². The Labute approximate surface area is 368 Å². The number of esters is 4. The van der Waals surface area contributed by atoms with Gasteiger partial charge in [-0.3, -0.25) is 0 Å². The Hall–Kier alpha value is -2.60. The zero-order chi connectivity index (χ0) is 42.0. The summed E-state index contributed by atoms with van der Waals surface area (Å²) in [5.74, 6) is -2.72. The molecule has 0 aliphatic heterocycles. The van der Waals surface area contributed by atoms with E-state index in [1.807, 2.05) is 0 Å². The monoisotopic (exact) mass is 866 g/mol. The van der Waals surface area contributed by atoms with Crippen LogP contribution in [0, 0.1) is 0 Å². The van der Waals surface area contributed by atoms with Crippen molar-refractivity contribution < 1.29 is 64.1 Å². The predicted molar refractivity (Wildman–Crippen MR) is 214 cm³/mol. The van der Waals surface area contributed by atoms with Gasteiger partial charge in [-0.15, -0.1) is 0 Å². The molecule has 57 heavy (non-hydrogen) atoms. The molecule has 2 aromatic carbocycles. The third-order valence-electron chi connectivity index (χ3n) is 8.70. The molecule has 0 N–H and O–H groups in total. The van der Waals surface area contributed by atoms with E-state index >= 15 is 0 Å². The summed E-state index contributed by atoms with van der Waals surface area (Å²) in [6.07, 6.45) is 12.6. The summed E-state index contributed by atoms with van der Waals surface area (Å²) in [4.78, 5) is 49.0. The van der Waals surface area contributed by atoms with Gasteiger partial charge in [-0.25, -0.2) is 36.0 Å². The van der Waals surface area contributed by atoms with Crippen LogP contribution in [0.25, 0.3) is 0 Å². The Kier molecular flexibility index (Phi) is 29.1. The molecule has 0 fully saturated rings. The third-order valence-corrected chi connectivity index (χ3v) is 11.1. The Balaban J connectivity index is 0.00000108. The molecule has 0 aliphatic carbocycles. The normalized spacial score (nSPS) is 12.2. The number of benzene rings is 2. The molecule has 0 aromatic heterocycles. The second-order valence-corrected chi connectivity index (χ2v) is 16.9. The minimum Gasteiger partial charge on any atom is -0.748 e. The van der Waals surface area contributed by atoms with Crippen molar-refractivity contribution in [2.75, 3.05) is 26.4 Å². The van der Waals surface area contributed by atoms with Crippen LogP contribution in [0.15, 0.2) is 48.5 Å². The fourth-order valence-electron chi connectivity index (χ4n) is 5.01. The topological polar surface area (TPSA) is 220 Å². The van der Waals surface area contributed by atoms with E-state index < -0.39 is 54.6 Å². The Bertz CT molecular complexity index is 1590. The molecule has 0 aliphatic rings. The SMILES string of the molecule is CCCCCCCCOC(=O)c1ccccc1C(=O)OCCC(C)S(=O)(=O)[O-].CCCCCCCCOC(=O)c1ccccc1C(=O)OCCC(C)S(=O)(=O)[O-].[Ca+2]. The number of ether oxygens (including phenoxy) is 4. The van der Waals surface area contributed by atoms with Gasteiger partial charge in [-0.2, -0.15) is 0 Å². The first-order valence-electron chi connectivity index (χ1n) is 19.3. The number of hydrogen-bond donors (Lipinski definition) is 0. The third kappa shape index (κ3) is 23.5. The van der Waals surface area contributed by atoms with E-state index in [4.69, 9.17) is 18.9 Å². The van der Waals surface area contributed by atoms with Gasteiger partial charge in [0, 0.05) is 10.5 Å². The molecule has 0 radical (unpaired) electrons. The second-order valence-electron chi connectivity index (χ2n) is 13.4. The van der Waals surface area contributed by atoms with Gasteiger partial charge in [-0.1, -0.05) is 102 Å². The van der Waals surface area contributed by atoms with Gasteiger partial charge in [0.15, 0.2) is 0 Å². The first-order chi connectivity index (χ1) is 26.5. The summed E-state index contributed by atoms with van der Waals surface area (Å²) in [5, 5.41) is -2.31. The van der Waals surface area contributed by atoms with Crippen LogP contribution in [-0.2, 0) is 39.2 Å². The first-order valence-corrected chi connectivity index (χ1v) is 22.2. The van der Waals surface area contributed by atoms with Gasteiger partial charge in [0.05, 0.1) is 68.9 Å². The molecule has 14 nitrogen and oxygen atoms in total. The molecule has 0 amide bonds. The maximum absolute atomic E-state index is 12.3. The van der Waals surface area contributed by atoms with Crippen molar-refractivity contribution in [2.24, 2.45) is 0 Å². The second kappa shape index (κ2) is 30.4. The van der Waals surface area contributed by atoms with E-state index in [0.29, 0.717) is 0 Å². The first kappa shape index (κ1) is 54.4. The summed E-state index contributed by atoms with van der Waals surface area (Å²) in [6.45, 7) is 6.91. The molecule has 0 bridgehead atoms. The average Bonchev–Trinajstić information content (AvgIpc) is 3.16. The van der Waals surface area contributed by atoms with Crippen LogP contribution < -0.4 is 0 Å². The maximum atomic E-state index is 12.3. The van der Waals surface area contributed by atoms with Crippen molar-refractivity contribution in [3.05, 3.63) is 70.8 Å². The number of rotatable bonds is 26. The van der Waals surface area contributed by atoms with Crippen molar-refractivity contribution in [1.29, 1.82) is 0 Å². The van der Waals surface area contributed by atoms with Crippen molar-refractivity contribution >= 4 is 81.9 Å². The van der Waals surface area contributed by atoms with Crippen molar-refractivity contribution in [1.82, 2.24) is 0 Å². The summed E-state index contributed by atoms with van der Waals surface area (Å²) < 4.78 is 85.7. The van der Waals surface area contributed by atoms with E-state index in [-0.39, 0.29) is 99.3 Å². The molecule has 2 unspecified atom stereocenters. The molecule has 0 spiro atoms. The molecule has 2 aromatic rings. The molecule has 316 valence electrons. The number of unbranched alkanes of at least 4 members (excludes halogenated alkanes) is 10. The molecule has 2 rings (SSSR count). The molecular formula is C40H58CaO14S2. The van der Waals surface area contributed by atoms with E-state index in [0.717, 1.165) is 38.5 Å². The Morgan fingerprint density at radius 2 is 0.719 bits per heavy atom. The molecule has 0 saturated carbocycles. The van der Waals surface area contributed by atoms with E-state index in [9.17, 15) is 45.1 Å². The summed E-state index contributed by atoms with van der Waals surface area (Å²) in [6, 6.07) is 12.2. The van der Waals surface area contributed by atoms with Crippen LogP contribution in [0.2, 0.25) is 0 Å². The molecule has 0 heterocycles. The quantitative estimate of drug-likeness (QED) is 0.0306. The molecule has 0 saturated heterocycles. The fourth-order valence-corrected chi connectivity index (χ4v) is 5.78. The predicted octanol–water partition coefficient (Wildman–Crippen LogP) is 6.99. The van der Waals surface area contributed by atoms with E-state index in [2.05, 4.69) is 13.8 Å². The number of carbonyl (C=O) groups excluding carboxylic acids is 4. The smallest absolute Gasteiger partial charge is 0.748 e. The van der Waals surface area contributed by atoms with Crippen LogP contribution in [0.5, 0.6) is 0 Å². The van der Waals surface area contributed by atoms with Crippen LogP contribution in [0.3, 0.4) is 0 Å². The van der Waals surface area contributed by atoms with Gasteiger partial charge in [-0.05, 0) is 63.8 Å². The number of carbonyl (C=O) groups is 4. The summed E-state index contributed by atoms with van der Waals surface area (Å²) in [5.41, 5.74) is 0.298. The minimum absolute atomic E-state index is 0. The average molecular weight is 867 g/mol. The van der Waals surface area contributed by atoms with Crippen molar-refractivity contribution in [3.8, 4) is 0 Å². The van der Waals surface area contributed by atoms with Gasteiger partial charge >= 0.3 is 61.6 Å². The molecule has 17 heteroatoms. The van der Waals surface area contributed by atoms with Crippen LogP contribution >= 0.6 is 0 Å². The maximum Gasteiger partial charge on any atom is 2.00 e. The zero-order valence-electron chi connectivity index (χ0n) is 33.7. The van der Waals surface area contributed by atoms with Gasteiger partial charge in [0.25, 0.3) is 0 Å². The molecule has 2 atom stereocenters. The van der Waals surface area contributed by atoms with Gasteiger partial charge in [0.2, 0.25) is 0 Å². The van der Waals surface area contributed by atoms with Gasteiger partial charge in [0.1, 0.15) is 0 Å². The number of hydrogen-bond acceptors (Lipinski definition) is 14. The Morgan fingerprint density at radius 1 is 0.474 bits per heavy atom. The minimum atomic E-state index is -4.42. The van der Waals surface area contributed by atoms with E-state index in [1.54, 1.807) is 24.3 Å². The Morgan fingerprint density at radius 3 is 0.982 bits per heavy atom. The molecular weight excluding hydrogens is 809 g/mol. The largest absolute Gasteiger partial charge is 2.00 e. The van der Waals surface area contributed by atoms with Crippen molar-refractivity contribution in [3.63, 3.8) is 0 Å². The van der Waals surface area contributed by atoms with Gasteiger partial charge < -0.3 is 28.1 Å². The standard InChI is InChI=1S/2C20H30O7S.Ca/c2*1-3-4-5-6-7-10-14-26-19(21)17-11-8-9-12-18(17)20(22)27-15-13-16(2)28(23,24)25;/h2*8-9,11-12,16H,3-7,10,13-15H2,1-2H3,(H,23,24,25);/q;;+2/p-2. The van der Waals surface area contributed by atoms with Crippen molar-refractivity contribution in [2.45, 2.75) is 128 Å². The van der Waals surface area contributed by atoms with Crippen LogP contribution in [0.1, 0.15) is 159 Å². The van der Waals surface area contributed by atoms with Crippen LogP contribution in [0.4, 0.5) is 0 Å². The fraction of sp³-hybridized carbons (Fsp3) is 0.600. The zero-order valence-corrected chi connectivity index (χ0v) is 37.6. The van der Waals surface area contributed by atoms with Crippen LogP contribution in [-0.4, -0.2) is 124 Å².